The summed E-state index contributed by atoms with van der Waals surface area (Å²) in [6.07, 6.45) is 4.62. The Bertz CT molecular complexity index is 374. The highest BCUT2D eigenvalue weighted by Gasteiger charge is 2.21. The van der Waals surface area contributed by atoms with Crippen LogP contribution in [0, 0.1) is 5.92 Å². The Morgan fingerprint density at radius 3 is 2.89 bits per heavy atom. The molecule has 18 heavy (non-hydrogen) atoms. The fraction of sp³-hybridized carbons (Fsp3) is 0.692. The number of rotatable bonds is 3. The van der Waals surface area contributed by atoms with Gasteiger partial charge in [0.2, 0.25) is 5.91 Å². The monoisotopic (exact) mass is 250 g/mol. The lowest BCUT2D eigenvalue weighted by atomic mass is 10.2. The van der Waals surface area contributed by atoms with Crippen molar-refractivity contribution in [1.82, 2.24) is 19.8 Å². The molecule has 100 valence electrons. The van der Waals surface area contributed by atoms with E-state index in [0.29, 0.717) is 0 Å². The fourth-order valence-electron chi connectivity index (χ4n) is 2.33. The van der Waals surface area contributed by atoms with Crippen LogP contribution in [0.15, 0.2) is 12.5 Å². The molecule has 1 N–H and O–H groups in total. The third-order valence-corrected chi connectivity index (χ3v) is 3.34. The van der Waals surface area contributed by atoms with E-state index < -0.39 is 0 Å². The van der Waals surface area contributed by atoms with E-state index in [1.165, 1.54) is 0 Å². The molecular formula is C13H22N4O. The van der Waals surface area contributed by atoms with Gasteiger partial charge in [-0.2, -0.15) is 0 Å². The van der Waals surface area contributed by atoms with E-state index in [4.69, 9.17) is 0 Å². The summed E-state index contributed by atoms with van der Waals surface area (Å²) in [5, 5.41) is 0. The number of hydrogen-bond donors (Lipinski definition) is 1. The van der Waals surface area contributed by atoms with Crippen molar-refractivity contribution in [2.24, 2.45) is 5.92 Å². The molecule has 0 atom stereocenters. The first kappa shape index (κ1) is 13.1. The molecule has 1 aliphatic rings. The number of imidazole rings is 1. The molecule has 1 aliphatic heterocycles. The van der Waals surface area contributed by atoms with Crippen LogP contribution >= 0.6 is 0 Å². The van der Waals surface area contributed by atoms with Crippen molar-refractivity contribution >= 4 is 5.91 Å². The highest BCUT2D eigenvalue weighted by Crippen LogP contribution is 2.09. The highest BCUT2D eigenvalue weighted by molar-refractivity contribution is 5.78. The first-order valence-electron chi connectivity index (χ1n) is 6.65. The first-order valence-corrected chi connectivity index (χ1v) is 6.65. The van der Waals surface area contributed by atoms with Crippen molar-refractivity contribution in [2.75, 3.05) is 26.2 Å². The second-order valence-electron chi connectivity index (χ2n) is 5.19. The summed E-state index contributed by atoms with van der Waals surface area (Å²) < 4.78 is 0. The van der Waals surface area contributed by atoms with Gasteiger partial charge in [-0.1, -0.05) is 13.8 Å². The molecule has 5 nitrogen and oxygen atoms in total. The molecule has 2 rings (SSSR count). The molecule has 0 bridgehead atoms. The molecule has 0 spiro atoms. The van der Waals surface area contributed by atoms with E-state index in [0.717, 1.165) is 44.8 Å². The Balaban J connectivity index is 1.86. The van der Waals surface area contributed by atoms with Crippen molar-refractivity contribution < 1.29 is 4.79 Å². The second-order valence-corrected chi connectivity index (χ2v) is 5.19. The summed E-state index contributed by atoms with van der Waals surface area (Å²) in [5.74, 6) is 0.377. The molecular weight excluding hydrogens is 228 g/mol. The second kappa shape index (κ2) is 6.00. The van der Waals surface area contributed by atoms with Crippen LogP contribution in [0.4, 0.5) is 0 Å². The normalized spacial score (nSPS) is 18.1. The average Bonchev–Trinajstić information content (AvgIpc) is 2.73. The summed E-state index contributed by atoms with van der Waals surface area (Å²) in [5.41, 5.74) is 1.14. The Kier molecular flexibility index (Phi) is 4.36. The number of nitrogens with zero attached hydrogens (tertiary/aromatic N) is 3. The van der Waals surface area contributed by atoms with Crippen LogP contribution in [0.2, 0.25) is 0 Å². The maximum atomic E-state index is 12.0. The van der Waals surface area contributed by atoms with Gasteiger partial charge in [-0.15, -0.1) is 0 Å². The highest BCUT2D eigenvalue weighted by atomic mass is 16.2. The zero-order valence-corrected chi connectivity index (χ0v) is 11.2. The summed E-state index contributed by atoms with van der Waals surface area (Å²) in [6, 6.07) is 0. The topological polar surface area (TPSA) is 52.2 Å². The maximum absolute atomic E-state index is 12.0. The Morgan fingerprint density at radius 2 is 2.22 bits per heavy atom. The molecule has 1 saturated heterocycles. The minimum absolute atomic E-state index is 0.101. The van der Waals surface area contributed by atoms with Crippen LogP contribution in [-0.2, 0) is 11.3 Å². The number of carbonyl (C=O) groups is 1. The van der Waals surface area contributed by atoms with Crippen LogP contribution in [0.25, 0.3) is 0 Å². The number of carbonyl (C=O) groups excluding carboxylic acids is 1. The molecule has 5 heteroatoms. The number of aromatic nitrogens is 2. The van der Waals surface area contributed by atoms with Gasteiger partial charge < -0.3 is 9.88 Å². The molecule has 1 aromatic heterocycles. The van der Waals surface area contributed by atoms with Crippen LogP contribution in [-0.4, -0.2) is 51.9 Å². The minimum atomic E-state index is 0.101. The van der Waals surface area contributed by atoms with E-state index in [1.54, 1.807) is 6.33 Å². The van der Waals surface area contributed by atoms with E-state index >= 15 is 0 Å². The molecule has 1 fully saturated rings. The van der Waals surface area contributed by atoms with Gasteiger partial charge in [0.25, 0.3) is 0 Å². The van der Waals surface area contributed by atoms with Gasteiger partial charge in [-0.3, -0.25) is 9.69 Å². The summed E-state index contributed by atoms with van der Waals surface area (Å²) in [4.78, 5) is 23.5. The van der Waals surface area contributed by atoms with Crippen LogP contribution in [0.3, 0.4) is 0 Å². The number of H-pyrrole nitrogens is 1. The molecule has 0 unspecified atom stereocenters. The van der Waals surface area contributed by atoms with Gasteiger partial charge in [0.05, 0.1) is 6.33 Å². The number of aromatic amines is 1. The molecule has 0 saturated carbocycles. The van der Waals surface area contributed by atoms with Gasteiger partial charge in [0, 0.05) is 50.5 Å². The van der Waals surface area contributed by atoms with Gasteiger partial charge in [0.1, 0.15) is 0 Å². The molecule has 1 aromatic rings. The van der Waals surface area contributed by atoms with Gasteiger partial charge in [0.15, 0.2) is 0 Å². The lowest BCUT2D eigenvalue weighted by molar-refractivity contribution is -0.134. The van der Waals surface area contributed by atoms with Crippen molar-refractivity contribution in [1.29, 1.82) is 0 Å². The standard InChI is InChI=1S/C13H22N4O/c1-11(2)13(18)17-5-3-4-16(6-7-17)9-12-8-14-10-15-12/h8,10-11H,3-7,9H2,1-2H3,(H,14,15). The van der Waals surface area contributed by atoms with E-state index in [-0.39, 0.29) is 11.8 Å². The van der Waals surface area contributed by atoms with Crippen LogP contribution in [0.1, 0.15) is 26.0 Å². The molecule has 1 amide bonds. The smallest absolute Gasteiger partial charge is 0.225 e. The Hall–Kier alpha value is -1.36. The molecule has 0 radical (unpaired) electrons. The Labute approximate surface area is 108 Å². The number of nitrogens with one attached hydrogen (secondary N) is 1. The fourth-order valence-corrected chi connectivity index (χ4v) is 2.33. The summed E-state index contributed by atoms with van der Waals surface area (Å²) >= 11 is 0. The zero-order chi connectivity index (χ0) is 13.0. The van der Waals surface area contributed by atoms with Crippen molar-refractivity contribution in [3.8, 4) is 0 Å². The summed E-state index contributed by atoms with van der Waals surface area (Å²) in [6.45, 7) is 8.54. The van der Waals surface area contributed by atoms with E-state index in [1.807, 2.05) is 24.9 Å². The number of amides is 1. The zero-order valence-electron chi connectivity index (χ0n) is 11.2. The van der Waals surface area contributed by atoms with Crippen LogP contribution < -0.4 is 0 Å². The molecule has 0 aromatic carbocycles. The van der Waals surface area contributed by atoms with Crippen molar-refractivity contribution in [3.63, 3.8) is 0 Å². The summed E-state index contributed by atoms with van der Waals surface area (Å²) in [7, 11) is 0. The minimum Gasteiger partial charge on any atom is -0.347 e. The van der Waals surface area contributed by atoms with Gasteiger partial charge in [-0.05, 0) is 6.42 Å². The number of hydrogen-bond acceptors (Lipinski definition) is 3. The third-order valence-electron chi connectivity index (χ3n) is 3.34. The SMILES string of the molecule is CC(C)C(=O)N1CCCN(Cc2cnc[nH]2)CC1. The third kappa shape index (κ3) is 3.32. The van der Waals surface area contributed by atoms with Crippen molar-refractivity contribution in [3.05, 3.63) is 18.2 Å². The largest absolute Gasteiger partial charge is 0.347 e. The average molecular weight is 250 g/mol. The Morgan fingerprint density at radius 1 is 1.39 bits per heavy atom. The van der Waals surface area contributed by atoms with Gasteiger partial charge >= 0.3 is 0 Å². The lowest BCUT2D eigenvalue weighted by Crippen LogP contribution is -2.37. The first-order chi connectivity index (χ1) is 8.66. The van der Waals surface area contributed by atoms with E-state index in [2.05, 4.69) is 14.9 Å². The predicted molar refractivity (Wildman–Crippen MR) is 69.9 cm³/mol. The van der Waals surface area contributed by atoms with Crippen LogP contribution in [0.5, 0.6) is 0 Å². The molecule has 0 aliphatic carbocycles. The van der Waals surface area contributed by atoms with Crippen molar-refractivity contribution in [2.45, 2.75) is 26.8 Å². The van der Waals surface area contributed by atoms with E-state index in [9.17, 15) is 4.79 Å². The predicted octanol–water partition coefficient (Wildman–Crippen LogP) is 1.10. The lowest BCUT2D eigenvalue weighted by Gasteiger charge is -2.23. The quantitative estimate of drug-likeness (QED) is 0.874. The maximum Gasteiger partial charge on any atom is 0.225 e. The van der Waals surface area contributed by atoms with Gasteiger partial charge in [-0.25, -0.2) is 4.98 Å². The molecule has 2 heterocycles.